The molecule has 40 heteroatoms. The quantitative estimate of drug-likeness (QED) is 0.0327. The van der Waals surface area contributed by atoms with Crippen molar-refractivity contribution >= 4 is 127 Å². The average molecular weight is 1990 g/mol. The number of pyridine rings is 9. The normalized spacial score (nSPS) is 18.4. The van der Waals surface area contributed by atoms with Gasteiger partial charge in [-0.15, -0.1) is 0 Å². The molecular weight excluding hydrogens is 1880 g/mol. The number of para-hydroxylation sites is 1. The number of ether oxygens (including phenoxy) is 3. The van der Waals surface area contributed by atoms with Crippen LogP contribution in [0.3, 0.4) is 0 Å². The number of aromatic nitrogens is 9. The Bertz CT molecular complexity index is 7130. The van der Waals surface area contributed by atoms with Gasteiger partial charge in [0.25, 0.3) is 63.7 Å². The summed E-state index contributed by atoms with van der Waals surface area (Å²) in [6.45, 7) is 28.2. The van der Waals surface area contributed by atoms with E-state index in [0.717, 1.165) is 69.1 Å². The lowest BCUT2D eigenvalue weighted by Crippen LogP contribution is -2.41. The zero-order chi connectivity index (χ0) is 99.7. The van der Waals surface area contributed by atoms with Crippen LogP contribution in [0.5, 0.6) is 17.5 Å². The lowest BCUT2D eigenvalue weighted by Gasteiger charge is -2.34. The highest BCUT2D eigenvalue weighted by Crippen LogP contribution is 2.43. The minimum Gasteiger partial charge on any atom is -0.495 e. The molecule has 0 aliphatic carbocycles. The Morgan fingerprint density at radius 3 is 1.40 bits per heavy atom. The van der Waals surface area contributed by atoms with Crippen LogP contribution in [0.2, 0.25) is 5.02 Å². The minimum atomic E-state index is -4.29. The second-order valence-electron chi connectivity index (χ2n) is 37.3. The molecule has 14 heterocycles. The van der Waals surface area contributed by atoms with Crippen molar-refractivity contribution in [1.29, 1.82) is 0 Å². The Balaban J connectivity index is 0.000000148. The number of anilines is 7. The fourth-order valence-electron chi connectivity index (χ4n) is 18.1. The van der Waals surface area contributed by atoms with Crippen molar-refractivity contribution in [2.75, 3.05) is 63.4 Å². The molecule has 728 valence electrons. The molecule has 9 aromatic heterocycles. The van der Waals surface area contributed by atoms with Gasteiger partial charge in [0, 0.05) is 108 Å². The summed E-state index contributed by atoms with van der Waals surface area (Å²) in [5.41, 5.74) is 7.76. The summed E-state index contributed by atoms with van der Waals surface area (Å²) in [7, 11) is -17.0. The first-order valence-electron chi connectivity index (χ1n) is 44.9. The van der Waals surface area contributed by atoms with Crippen molar-refractivity contribution in [3.63, 3.8) is 0 Å². The van der Waals surface area contributed by atoms with Crippen LogP contribution < -0.4 is 59.0 Å². The first kappa shape index (κ1) is 101. The van der Waals surface area contributed by atoms with E-state index < -0.39 is 69.5 Å². The molecule has 3 aromatic carbocycles. The molecule has 0 bridgehead atoms. The Kier molecular flexibility index (Phi) is 30.4. The van der Waals surface area contributed by atoms with E-state index >= 15 is 0 Å². The first-order chi connectivity index (χ1) is 65.8. The van der Waals surface area contributed by atoms with Crippen LogP contribution in [0.25, 0.3) is 22.2 Å². The number of amides is 4. The largest absolute Gasteiger partial charge is 0.495 e. The van der Waals surface area contributed by atoms with Crippen molar-refractivity contribution < 1.29 is 71.5 Å². The maximum Gasteiger partial charge on any atom is 0.281 e. The highest BCUT2D eigenvalue weighted by Gasteiger charge is 2.44. The van der Waals surface area contributed by atoms with Gasteiger partial charge < -0.3 is 44.9 Å². The van der Waals surface area contributed by atoms with Crippen molar-refractivity contribution in [1.82, 2.24) is 63.7 Å². The Hall–Kier alpha value is -13.9. The van der Waals surface area contributed by atoms with Gasteiger partial charge in [0.05, 0.1) is 50.4 Å². The summed E-state index contributed by atoms with van der Waals surface area (Å²) >= 11 is 6.16. The minimum absolute atomic E-state index is 0.0699. The third kappa shape index (κ3) is 24.5. The van der Waals surface area contributed by atoms with Crippen molar-refractivity contribution in [3.8, 4) is 28.8 Å². The van der Waals surface area contributed by atoms with Gasteiger partial charge in [0.15, 0.2) is 15.1 Å². The number of sulfonamides is 4. The highest BCUT2D eigenvalue weighted by molar-refractivity contribution is 7.91. The Morgan fingerprint density at radius 1 is 0.460 bits per heavy atom. The molecule has 7 N–H and O–H groups in total. The number of allylic oxidation sites excluding steroid dienone is 1. The summed E-state index contributed by atoms with van der Waals surface area (Å²) in [6, 6.07) is 50.7. The number of nitrogens with one attached hydrogen (secondary N) is 5. The molecule has 4 amide bonds. The number of carbonyl (C=O) groups is 4. The molecule has 17 rings (SSSR count). The van der Waals surface area contributed by atoms with Crippen LogP contribution >= 0.6 is 11.6 Å². The number of rotatable bonds is 24. The zero-order valence-corrected chi connectivity index (χ0v) is 82.6. The smallest absolute Gasteiger partial charge is 0.281 e. The zero-order valence-electron chi connectivity index (χ0n) is 78.6. The third-order valence-corrected chi connectivity index (χ3v) is 29.4. The van der Waals surface area contributed by atoms with Crippen LogP contribution in [0.4, 0.5) is 45.0 Å². The monoisotopic (exact) mass is 1990 g/mol. The molecular formula is C99H109ClFN19O15S4. The first-order valence-corrected chi connectivity index (χ1v) is 51.2. The van der Waals surface area contributed by atoms with Gasteiger partial charge in [-0.25, -0.2) is 61.6 Å². The summed E-state index contributed by atoms with van der Waals surface area (Å²) in [5.74, 6) is 0.541. The van der Waals surface area contributed by atoms with Crippen LogP contribution in [0.15, 0.2) is 257 Å². The summed E-state index contributed by atoms with van der Waals surface area (Å²) in [4.78, 5) is 98.9. The van der Waals surface area contributed by atoms with Gasteiger partial charge in [-0.3, -0.25) is 24.2 Å². The number of nitrogens with zero attached hydrogens (tertiary/aromatic N) is 13. The predicted molar refractivity (Wildman–Crippen MR) is 528 cm³/mol. The number of carbonyl (C=O) groups excluding carboxylic acids is 4. The number of benzene rings is 3. The van der Waals surface area contributed by atoms with Crippen molar-refractivity contribution in [2.24, 2.45) is 23.7 Å². The molecule has 0 spiro atoms. The molecule has 139 heavy (non-hydrogen) atoms. The average Bonchev–Trinajstić information content (AvgIpc) is 1.63. The van der Waals surface area contributed by atoms with Gasteiger partial charge in [0.2, 0.25) is 11.8 Å². The number of nitrogens with two attached hydrogens (primary N) is 1. The van der Waals surface area contributed by atoms with Crippen LogP contribution in [0.1, 0.15) is 163 Å². The molecule has 4 fully saturated rings. The number of nitrogen functional groups attached to an aromatic ring is 1. The molecule has 4 unspecified atom stereocenters. The topological polar surface area (TPSA) is 448 Å². The van der Waals surface area contributed by atoms with Gasteiger partial charge in [-0.2, -0.15) is 35.2 Å². The van der Waals surface area contributed by atoms with Gasteiger partial charge in [0.1, 0.15) is 64.1 Å². The summed E-state index contributed by atoms with van der Waals surface area (Å²) in [5, 5.41) is 3.48. The van der Waals surface area contributed by atoms with Crippen LogP contribution in [-0.2, 0) is 44.8 Å². The Labute approximate surface area is 812 Å². The Morgan fingerprint density at radius 2 is 0.906 bits per heavy atom. The molecule has 4 saturated heterocycles. The van der Waals surface area contributed by atoms with E-state index in [2.05, 4.69) is 148 Å². The maximum atomic E-state index is 13.8. The molecule has 34 nitrogen and oxygen atoms in total. The molecule has 0 radical (unpaired) electrons. The van der Waals surface area contributed by atoms with E-state index in [0.29, 0.717) is 81.2 Å². The van der Waals surface area contributed by atoms with Crippen molar-refractivity contribution in [2.45, 2.75) is 170 Å². The molecule has 12 aromatic rings. The number of hydrogen-bond donors (Lipinski definition) is 6. The van der Waals surface area contributed by atoms with E-state index in [1.54, 1.807) is 140 Å². The third-order valence-electron chi connectivity index (χ3n) is 24.0. The number of hydrogen-bond acceptors (Lipinski definition) is 30. The molecule has 5 aliphatic rings. The van der Waals surface area contributed by atoms with Gasteiger partial charge >= 0.3 is 0 Å². The van der Waals surface area contributed by atoms with Crippen molar-refractivity contribution in [3.05, 3.63) is 271 Å². The summed E-state index contributed by atoms with van der Waals surface area (Å²) in [6.07, 6.45) is 16.7. The van der Waals surface area contributed by atoms with Crippen LogP contribution in [0, 0.1) is 29.5 Å². The molecule has 0 saturated carbocycles. The van der Waals surface area contributed by atoms with Crippen LogP contribution in [-0.4, -0.2) is 163 Å². The van der Waals surface area contributed by atoms with E-state index in [-0.39, 0.29) is 100 Å². The van der Waals surface area contributed by atoms with E-state index in [9.17, 15) is 57.2 Å². The molecule has 5 aliphatic heterocycles. The fourth-order valence-corrected chi connectivity index (χ4v) is 22.1. The second-order valence-corrected chi connectivity index (χ2v) is 44.3. The second kappa shape index (κ2) is 41.8. The van der Waals surface area contributed by atoms with Gasteiger partial charge in [-0.1, -0.05) is 87.8 Å². The van der Waals surface area contributed by atoms with E-state index in [4.69, 9.17) is 36.5 Å². The maximum absolute atomic E-state index is 13.8. The lowest BCUT2D eigenvalue weighted by molar-refractivity contribution is 0.0711. The van der Waals surface area contributed by atoms with Gasteiger partial charge in [-0.05, 0) is 251 Å². The predicted octanol–water partition coefficient (Wildman–Crippen LogP) is 16.1. The number of fused-ring (bicyclic) bond motifs is 1. The fraction of sp³-hybridized carbons (Fsp3) is 0.323. The lowest BCUT2D eigenvalue weighted by atomic mass is 9.97. The molecule has 5 atom stereocenters. The summed E-state index contributed by atoms with van der Waals surface area (Å²) < 4.78 is 143. The highest BCUT2D eigenvalue weighted by atomic mass is 35.5. The van der Waals surface area contributed by atoms with E-state index in [1.165, 1.54) is 72.9 Å². The van der Waals surface area contributed by atoms with E-state index in [1.807, 2.05) is 43.0 Å². The number of halogens is 2. The SMILES string of the molecule is CC1CN(c2ncccc2C(=O)NS(=O)(=O)c2cccc(Nc3ccccc3Cl)n2)C(C)(C)C1.CC1CN(c2ncccc2C(=O)NS(=O)(=O)c2cccc(OCC3CCC=CO3)n2)C(C)(C)C1.CC1CN(c2ncccc2C(=O)NS(=O)(=O)c2cccc(Oc3ccc4cccnc4c3)n2)C(C)(C)C1.C[C@@H]1CN(c2nc(-c3cccc(F)c3)ccc2C(=O)NS(=O)(=O)c2cccnc2N)C(C)(C)C1. The standard InChI is InChI=1S/C27H27N5O4S.C24H26ClN5O3S.C24H26FN5O3S.C24H30N4O5S/c1-18-16-27(2,3)32(17-18)25-21(8-6-14-29-25)26(33)31-37(34,35)24-10-4-9-23(30-24)36-20-12-11-19-7-5-13-28-22(19)15-20;1-16-14-24(2,3)30(15-16)22-17(8-7-13-26-22)23(31)29-34(32,33)21-12-6-11-20(28-21)27-19-10-5-4-9-18(19)25;1-15-13-24(2,3)30(14-15)22-18(9-10-19(28-22)16-6-4-7-17(25)12-16)23(31)29-34(32,33)20-8-5-11-27-21(20)26;1-17-14-24(2,3)28(15-17)22-19(9-7-12-25-22)23(29)27-34(30,31)21-11-6-10-20(26-21)33-16-18-8-4-5-13-32-18/h4-15,18H,16-17H2,1-3H3,(H,31,33);4-13,16H,14-15H2,1-3H3,(H,27,28)(H,29,31);4-12,15H,13-14H2,1-3H3,(H2,26,27)(H,29,31);5-7,9-13,17-18H,4,8,14-16H2,1-3H3,(H,27,29)/t;;15-;/m..0./s1.